The van der Waals surface area contributed by atoms with Gasteiger partial charge in [-0.15, -0.1) is 0 Å². The van der Waals surface area contributed by atoms with Gasteiger partial charge >= 0.3 is 11.9 Å². The summed E-state index contributed by atoms with van der Waals surface area (Å²) in [4.78, 5) is 29.4. The lowest BCUT2D eigenvalue weighted by atomic mass is 10.0. The molecule has 160 valence electrons. The molecule has 2 heterocycles. The second kappa shape index (κ2) is 9.60. The normalized spacial score (nSPS) is 10.7. The molecule has 1 aromatic carbocycles. The zero-order valence-corrected chi connectivity index (χ0v) is 18.0. The number of carbonyl (C=O) groups is 2. The van der Waals surface area contributed by atoms with Crippen LogP contribution in [-0.2, 0) is 20.9 Å². The van der Waals surface area contributed by atoms with Gasteiger partial charge in [-0.1, -0.05) is 23.7 Å². The maximum Gasteiger partial charge on any atom is 0.341 e. The molecular weight excluding hydrogens is 422 g/mol. The van der Waals surface area contributed by atoms with Crippen molar-refractivity contribution in [2.24, 2.45) is 0 Å². The molecule has 0 aliphatic heterocycles. The van der Waals surface area contributed by atoms with E-state index in [2.05, 4.69) is 11.1 Å². The number of ether oxygens (including phenoxy) is 3. The molecule has 9 heteroatoms. The summed E-state index contributed by atoms with van der Waals surface area (Å²) >= 11 is 6.63. The zero-order chi connectivity index (χ0) is 22.5. The van der Waals surface area contributed by atoms with Crippen LogP contribution in [0.25, 0.3) is 22.3 Å². The number of hydrogen-bond donors (Lipinski definition) is 0. The maximum absolute atomic E-state index is 12.8. The number of aromatic nitrogens is 2. The monoisotopic (exact) mass is 441 g/mol. The minimum atomic E-state index is -0.658. The molecule has 0 aliphatic carbocycles. The standard InChI is InChI=1S/C22H20ClN3O5/c1-4-30-21(27)14-8-6-13(7-9-14)19-17(22(28)31-5-2)18(23)16-15(10-24)11-26(12-29-3)20(16)25-19/h6-9,11H,4-5,12H2,1-3H3. The van der Waals surface area contributed by atoms with Gasteiger partial charge in [-0.2, -0.15) is 5.26 Å². The van der Waals surface area contributed by atoms with Crippen LogP contribution in [0.3, 0.4) is 0 Å². The van der Waals surface area contributed by atoms with Crippen LogP contribution in [0.4, 0.5) is 0 Å². The van der Waals surface area contributed by atoms with E-state index in [4.69, 9.17) is 25.8 Å². The third-order valence-electron chi connectivity index (χ3n) is 4.48. The van der Waals surface area contributed by atoms with Gasteiger partial charge in [-0.25, -0.2) is 14.6 Å². The number of fused-ring (bicyclic) bond motifs is 1. The Kier molecular flexibility index (Phi) is 6.90. The van der Waals surface area contributed by atoms with Gasteiger partial charge in [-0.05, 0) is 26.0 Å². The number of esters is 2. The second-order valence-corrected chi connectivity index (χ2v) is 6.79. The molecular formula is C22H20ClN3O5. The first-order valence-corrected chi connectivity index (χ1v) is 9.90. The van der Waals surface area contributed by atoms with Crippen LogP contribution in [0.2, 0.25) is 5.02 Å². The summed E-state index contributed by atoms with van der Waals surface area (Å²) in [7, 11) is 1.52. The molecule has 0 bridgehead atoms. The predicted octanol–water partition coefficient (Wildman–Crippen LogP) is 4.19. The van der Waals surface area contributed by atoms with E-state index in [0.717, 1.165) is 0 Å². The van der Waals surface area contributed by atoms with Gasteiger partial charge in [0.25, 0.3) is 0 Å². The van der Waals surface area contributed by atoms with Crippen molar-refractivity contribution in [3.8, 4) is 17.3 Å². The minimum absolute atomic E-state index is 0.0477. The van der Waals surface area contributed by atoms with E-state index in [9.17, 15) is 14.9 Å². The number of rotatable bonds is 7. The molecule has 0 saturated heterocycles. The number of methoxy groups -OCH3 is 1. The highest BCUT2D eigenvalue weighted by atomic mass is 35.5. The summed E-state index contributed by atoms with van der Waals surface area (Å²) in [6.45, 7) is 3.95. The van der Waals surface area contributed by atoms with Gasteiger partial charge in [0, 0.05) is 18.9 Å². The van der Waals surface area contributed by atoms with Crippen molar-refractivity contribution >= 4 is 34.6 Å². The molecule has 31 heavy (non-hydrogen) atoms. The van der Waals surface area contributed by atoms with Crippen molar-refractivity contribution < 1.29 is 23.8 Å². The molecule has 0 atom stereocenters. The topological polar surface area (TPSA) is 103 Å². The summed E-state index contributed by atoms with van der Waals surface area (Å²) < 4.78 is 17.0. The first kappa shape index (κ1) is 22.3. The summed E-state index contributed by atoms with van der Waals surface area (Å²) in [6, 6.07) is 8.53. The van der Waals surface area contributed by atoms with Crippen molar-refractivity contribution in [1.82, 2.24) is 9.55 Å². The molecule has 0 radical (unpaired) electrons. The van der Waals surface area contributed by atoms with Gasteiger partial charge in [0.2, 0.25) is 0 Å². The molecule has 2 aromatic heterocycles. The van der Waals surface area contributed by atoms with Gasteiger partial charge in [0.1, 0.15) is 24.0 Å². The molecule has 0 unspecified atom stereocenters. The smallest absolute Gasteiger partial charge is 0.341 e. The highest BCUT2D eigenvalue weighted by molar-refractivity contribution is 6.39. The Hall–Kier alpha value is -3.41. The Bertz CT molecular complexity index is 1180. The van der Waals surface area contributed by atoms with Crippen molar-refractivity contribution in [1.29, 1.82) is 5.26 Å². The zero-order valence-electron chi connectivity index (χ0n) is 17.3. The van der Waals surface area contributed by atoms with E-state index in [-0.39, 0.29) is 41.8 Å². The van der Waals surface area contributed by atoms with Crippen molar-refractivity contribution in [3.05, 3.63) is 52.2 Å². The Balaban J connectivity index is 2.27. The molecule has 0 fully saturated rings. The summed E-state index contributed by atoms with van der Waals surface area (Å²) in [5.41, 5.74) is 1.88. The number of nitrogens with zero attached hydrogens (tertiary/aromatic N) is 3. The number of nitriles is 1. The lowest BCUT2D eigenvalue weighted by Crippen LogP contribution is -2.10. The van der Waals surface area contributed by atoms with E-state index >= 15 is 0 Å². The fourth-order valence-electron chi connectivity index (χ4n) is 3.17. The quantitative estimate of drug-likeness (QED) is 0.506. The highest BCUT2D eigenvalue weighted by Crippen LogP contribution is 2.36. The fourth-order valence-corrected chi connectivity index (χ4v) is 3.53. The summed E-state index contributed by atoms with van der Waals surface area (Å²) in [5.74, 6) is -1.11. The highest BCUT2D eigenvalue weighted by Gasteiger charge is 2.26. The number of hydrogen-bond acceptors (Lipinski definition) is 7. The lowest BCUT2D eigenvalue weighted by Gasteiger charge is -2.13. The van der Waals surface area contributed by atoms with Crippen LogP contribution >= 0.6 is 11.6 Å². The summed E-state index contributed by atoms with van der Waals surface area (Å²) in [5, 5.41) is 9.95. The first-order valence-electron chi connectivity index (χ1n) is 9.52. The fraction of sp³-hybridized carbons (Fsp3) is 0.273. The molecule has 0 spiro atoms. The van der Waals surface area contributed by atoms with Crippen molar-refractivity contribution in [3.63, 3.8) is 0 Å². The Morgan fingerprint density at radius 2 is 1.77 bits per heavy atom. The predicted molar refractivity (Wildman–Crippen MR) is 114 cm³/mol. The molecule has 0 aliphatic rings. The summed E-state index contributed by atoms with van der Waals surface area (Å²) in [6.07, 6.45) is 1.57. The van der Waals surface area contributed by atoms with Crippen LogP contribution < -0.4 is 0 Å². The molecule has 3 rings (SSSR count). The van der Waals surface area contributed by atoms with Crippen molar-refractivity contribution in [2.75, 3.05) is 20.3 Å². The molecule has 0 amide bonds. The SMILES string of the molecule is CCOC(=O)c1ccc(-c2nc3c(c(C#N)cn3COC)c(Cl)c2C(=O)OCC)cc1. The van der Waals surface area contributed by atoms with Crippen LogP contribution in [0, 0.1) is 11.3 Å². The Morgan fingerprint density at radius 3 is 2.35 bits per heavy atom. The van der Waals surface area contributed by atoms with Gasteiger partial charge in [-0.3, -0.25) is 0 Å². The largest absolute Gasteiger partial charge is 0.462 e. The lowest BCUT2D eigenvalue weighted by molar-refractivity contribution is 0.0516. The van der Waals surface area contributed by atoms with Crippen LogP contribution in [0.1, 0.15) is 40.1 Å². The second-order valence-electron chi connectivity index (χ2n) is 6.41. The van der Waals surface area contributed by atoms with Crippen LogP contribution in [-0.4, -0.2) is 41.8 Å². The number of halogens is 1. The van der Waals surface area contributed by atoms with E-state index in [1.54, 1.807) is 48.9 Å². The first-order chi connectivity index (χ1) is 15.0. The van der Waals surface area contributed by atoms with E-state index in [0.29, 0.717) is 22.2 Å². The Labute approximate surface area is 183 Å². The third kappa shape index (κ3) is 4.24. The van der Waals surface area contributed by atoms with Gasteiger partial charge in [0.05, 0.1) is 40.4 Å². The number of benzene rings is 1. The van der Waals surface area contributed by atoms with E-state index in [1.165, 1.54) is 7.11 Å². The van der Waals surface area contributed by atoms with E-state index < -0.39 is 11.9 Å². The molecule has 0 N–H and O–H groups in total. The number of carbonyl (C=O) groups excluding carboxylic acids is 2. The minimum Gasteiger partial charge on any atom is -0.462 e. The number of pyridine rings is 1. The van der Waals surface area contributed by atoms with Gasteiger partial charge < -0.3 is 18.8 Å². The van der Waals surface area contributed by atoms with E-state index in [1.807, 2.05) is 0 Å². The Morgan fingerprint density at radius 1 is 1.13 bits per heavy atom. The average molecular weight is 442 g/mol. The molecule has 3 aromatic rings. The molecule has 8 nitrogen and oxygen atoms in total. The maximum atomic E-state index is 12.8. The van der Waals surface area contributed by atoms with Gasteiger partial charge in [0.15, 0.2) is 0 Å². The molecule has 0 saturated carbocycles. The average Bonchev–Trinajstić information content (AvgIpc) is 3.12. The van der Waals surface area contributed by atoms with Crippen LogP contribution in [0.5, 0.6) is 0 Å². The van der Waals surface area contributed by atoms with Crippen molar-refractivity contribution in [2.45, 2.75) is 20.6 Å². The third-order valence-corrected chi connectivity index (χ3v) is 4.86. The van der Waals surface area contributed by atoms with Crippen LogP contribution in [0.15, 0.2) is 30.5 Å².